The van der Waals surface area contributed by atoms with Crippen LogP contribution in [0.5, 0.6) is 0 Å². The molecule has 0 saturated heterocycles. The van der Waals surface area contributed by atoms with Gasteiger partial charge in [-0.05, 0) is 36.6 Å². The lowest BCUT2D eigenvalue weighted by molar-refractivity contribution is 0.162. The number of aliphatic hydroxyl groups is 1. The minimum Gasteiger partial charge on any atom is -0.392 e. The molecule has 1 aromatic carbocycles. The third kappa shape index (κ3) is 1.64. The SMILES string of the molecule is OC1CCCC1c1cc(F)ccc1F. The van der Waals surface area contributed by atoms with Gasteiger partial charge in [-0.15, -0.1) is 0 Å². The molecule has 3 heteroatoms. The van der Waals surface area contributed by atoms with E-state index in [0.29, 0.717) is 12.0 Å². The average Bonchev–Trinajstić information content (AvgIpc) is 2.56. The van der Waals surface area contributed by atoms with E-state index < -0.39 is 17.7 Å². The molecule has 1 nitrogen and oxygen atoms in total. The Labute approximate surface area is 81.4 Å². The third-order valence-electron chi connectivity index (χ3n) is 2.84. The van der Waals surface area contributed by atoms with E-state index in [1.165, 1.54) is 6.07 Å². The van der Waals surface area contributed by atoms with Gasteiger partial charge in [0.05, 0.1) is 6.10 Å². The van der Waals surface area contributed by atoms with E-state index >= 15 is 0 Å². The monoisotopic (exact) mass is 198 g/mol. The van der Waals surface area contributed by atoms with Gasteiger partial charge in [-0.25, -0.2) is 8.78 Å². The van der Waals surface area contributed by atoms with Gasteiger partial charge in [0.2, 0.25) is 0 Å². The van der Waals surface area contributed by atoms with Crippen molar-refractivity contribution >= 4 is 0 Å². The van der Waals surface area contributed by atoms with Crippen molar-refractivity contribution in [1.82, 2.24) is 0 Å². The van der Waals surface area contributed by atoms with Gasteiger partial charge in [-0.1, -0.05) is 6.42 Å². The smallest absolute Gasteiger partial charge is 0.126 e. The predicted molar refractivity (Wildman–Crippen MR) is 49.0 cm³/mol. The van der Waals surface area contributed by atoms with Crippen molar-refractivity contribution < 1.29 is 13.9 Å². The lowest BCUT2D eigenvalue weighted by Crippen LogP contribution is -2.12. The molecular weight excluding hydrogens is 186 g/mol. The summed E-state index contributed by atoms with van der Waals surface area (Å²) < 4.78 is 26.2. The molecule has 0 bridgehead atoms. The van der Waals surface area contributed by atoms with Crippen LogP contribution in [0, 0.1) is 11.6 Å². The first-order chi connectivity index (χ1) is 6.68. The number of benzene rings is 1. The Morgan fingerprint density at radius 2 is 2.00 bits per heavy atom. The maximum absolute atomic E-state index is 13.3. The van der Waals surface area contributed by atoms with Crippen LogP contribution in [-0.2, 0) is 0 Å². The molecule has 0 aliphatic heterocycles. The van der Waals surface area contributed by atoms with E-state index in [4.69, 9.17) is 0 Å². The Morgan fingerprint density at radius 3 is 2.64 bits per heavy atom. The van der Waals surface area contributed by atoms with Gasteiger partial charge in [-0.3, -0.25) is 0 Å². The average molecular weight is 198 g/mol. The summed E-state index contributed by atoms with van der Waals surface area (Å²) in [5.74, 6) is -1.09. The first kappa shape index (κ1) is 9.59. The molecule has 0 spiro atoms. The van der Waals surface area contributed by atoms with Gasteiger partial charge in [0, 0.05) is 5.92 Å². The van der Waals surface area contributed by atoms with Crippen LogP contribution in [0.3, 0.4) is 0 Å². The molecule has 1 fully saturated rings. The largest absolute Gasteiger partial charge is 0.392 e. The fraction of sp³-hybridized carbons (Fsp3) is 0.455. The molecule has 1 N–H and O–H groups in total. The Hall–Kier alpha value is -0.960. The van der Waals surface area contributed by atoms with Gasteiger partial charge >= 0.3 is 0 Å². The lowest BCUT2D eigenvalue weighted by atomic mass is 9.95. The molecule has 1 aromatic rings. The van der Waals surface area contributed by atoms with Crippen molar-refractivity contribution in [1.29, 1.82) is 0 Å². The molecule has 0 aromatic heterocycles. The van der Waals surface area contributed by atoms with Gasteiger partial charge < -0.3 is 5.11 Å². The van der Waals surface area contributed by atoms with Crippen molar-refractivity contribution in [3.05, 3.63) is 35.4 Å². The second-order valence-corrected chi connectivity index (χ2v) is 3.77. The summed E-state index contributed by atoms with van der Waals surface area (Å²) >= 11 is 0. The van der Waals surface area contributed by atoms with Gasteiger partial charge in [0.1, 0.15) is 11.6 Å². The van der Waals surface area contributed by atoms with E-state index in [9.17, 15) is 13.9 Å². The van der Waals surface area contributed by atoms with Gasteiger partial charge in [0.15, 0.2) is 0 Å². The summed E-state index contributed by atoms with van der Waals surface area (Å²) in [7, 11) is 0. The summed E-state index contributed by atoms with van der Waals surface area (Å²) in [6.07, 6.45) is 1.77. The third-order valence-corrected chi connectivity index (χ3v) is 2.84. The maximum atomic E-state index is 13.3. The van der Waals surface area contributed by atoms with E-state index in [1.807, 2.05) is 0 Å². The fourth-order valence-corrected chi connectivity index (χ4v) is 2.10. The second kappa shape index (κ2) is 3.65. The van der Waals surface area contributed by atoms with Crippen LogP contribution in [0.15, 0.2) is 18.2 Å². The normalized spacial score (nSPS) is 26.8. The summed E-state index contributed by atoms with van der Waals surface area (Å²) in [5.41, 5.74) is 0.315. The number of hydrogen-bond donors (Lipinski definition) is 1. The van der Waals surface area contributed by atoms with Crippen molar-refractivity contribution in [2.24, 2.45) is 0 Å². The van der Waals surface area contributed by atoms with Gasteiger partial charge in [-0.2, -0.15) is 0 Å². The fourth-order valence-electron chi connectivity index (χ4n) is 2.10. The highest BCUT2D eigenvalue weighted by atomic mass is 19.1. The minimum atomic E-state index is -0.522. The van der Waals surface area contributed by atoms with Crippen LogP contribution in [-0.4, -0.2) is 11.2 Å². The molecule has 2 atom stereocenters. The molecule has 14 heavy (non-hydrogen) atoms. The summed E-state index contributed by atoms with van der Waals surface area (Å²) in [4.78, 5) is 0. The van der Waals surface area contributed by atoms with Gasteiger partial charge in [0.25, 0.3) is 0 Å². The predicted octanol–water partition coefficient (Wildman–Crippen LogP) is 2.59. The summed E-state index contributed by atoms with van der Waals surface area (Å²) in [5, 5.41) is 9.57. The molecule has 2 unspecified atom stereocenters. The van der Waals surface area contributed by atoms with E-state index in [2.05, 4.69) is 0 Å². The Bertz CT molecular complexity index is 338. The van der Waals surface area contributed by atoms with Crippen LogP contribution >= 0.6 is 0 Å². The standard InChI is InChI=1S/C11H12F2O/c12-7-4-5-10(13)9(6-7)8-2-1-3-11(8)14/h4-6,8,11,14H,1-3H2. The summed E-state index contributed by atoms with van der Waals surface area (Å²) in [6.45, 7) is 0. The molecule has 0 amide bonds. The second-order valence-electron chi connectivity index (χ2n) is 3.77. The van der Waals surface area contributed by atoms with Crippen LogP contribution in [0.1, 0.15) is 30.7 Å². The number of hydrogen-bond acceptors (Lipinski definition) is 1. The molecular formula is C11H12F2O. The minimum absolute atomic E-state index is 0.231. The first-order valence-corrected chi connectivity index (χ1v) is 4.81. The Morgan fingerprint density at radius 1 is 1.21 bits per heavy atom. The molecule has 1 saturated carbocycles. The number of halogens is 2. The van der Waals surface area contributed by atoms with Crippen molar-refractivity contribution in [3.63, 3.8) is 0 Å². The van der Waals surface area contributed by atoms with Crippen molar-refractivity contribution in [2.45, 2.75) is 31.3 Å². The first-order valence-electron chi connectivity index (χ1n) is 4.81. The van der Waals surface area contributed by atoms with E-state index in [0.717, 1.165) is 25.0 Å². The highest BCUT2D eigenvalue weighted by molar-refractivity contribution is 5.24. The maximum Gasteiger partial charge on any atom is 0.126 e. The lowest BCUT2D eigenvalue weighted by Gasteiger charge is -2.15. The van der Waals surface area contributed by atoms with E-state index in [1.54, 1.807) is 0 Å². The van der Waals surface area contributed by atoms with Crippen LogP contribution in [0.25, 0.3) is 0 Å². The van der Waals surface area contributed by atoms with E-state index in [-0.39, 0.29) is 5.92 Å². The van der Waals surface area contributed by atoms with Crippen LogP contribution in [0.2, 0.25) is 0 Å². The van der Waals surface area contributed by atoms with Crippen molar-refractivity contribution in [2.75, 3.05) is 0 Å². The van der Waals surface area contributed by atoms with Crippen molar-refractivity contribution in [3.8, 4) is 0 Å². The number of rotatable bonds is 1. The zero-order chi connectivity index (χ0) is 10.1. The quantitative estimate of drug-likeness (QED) is 0.735. The molecule has 76 valence electrons. The zero-order valence-electron chi connectivity index (χ0n) is 7.71. The number of aliphatic hydroxyl groups excluding tert-OH is 1. The van der Waals surface area contributed by atoms with Crippen LogP contribution < -0.4 is 0 Å². The Balaban J connectivity index is 2.34. The molecule has 2 rings (SSSR count). The molecule has 0 heterocycles. The molecule has 1 aliphatic carbocycles. The zero-order valence-corrected chi connectivity index (χ0v) is 7.71. The summed E-state index contributed by atoms with van der Waals surface area (Å²) in [6, 6.07) is 3.41. The Kier molecular flexibility index (Phi) is 2.50. The molecule has 0 radical (unpaired) electrons. The molecule has 1 aliphatic rings. The highest BCUT2D eigenvalue weighted by Gasteiger charge is 2.28. The topological polar surface area (TPSA) is 20.2 Å². The van der Waals surface area contributed by atoms with Crippen LogP contribution in [0.4, 0.5) is 8.78 Å². The highest BCUT2D eigenvalue weighted by Crippen LogP contribution is 2.35.